The lowest BCUT2D eigenvalue weighted by Crippen LogP contribution is -2.28. The normalized spacial score (nSPS) is 12.8. The summed E-state index contributed by atoms with van der Waals surface area (Å²) in [5, 5.41) is 0. The largest absolute Gasteiger partial charge is 0.493 e. The minimum absolute atomic E-state index is 0.0573. The lowest BCUT2D eigenvalue weighted by Gasteiger charge is -2.21. The lowest BCUT2D eigenvalue weighted by molar-refractivity contribution is -0.126. The molecule has 1 aliphatic heterocycles. The summed E-state index contributed by atoms with van der Waals surface area (Å²) in [6.07, 6.45) is 6.78. The van der Waals surface area contributed by atoms with E-state index in [0.29, 0.717) is 43.6 Å². The highest BCUT2D eigenvalue weighted by Crippen LogP contribution is 2.40. The van der Waals surface area contributed by atoms with Crippen molar-refractivity contribution in [3.63, 3.8) is 0 Å². The van der Waals surface area contributed by atoms with Crippen LogP contribution in [0.5, 0.6) is 17.2 Å². The molecule has 1 amide bonds. The summed E-state index contributed by atoms with van der Waals surface area (Å²) in [7, 11) is 1.58. The summed E-state index contributed by atoms with van der Waals surface area (Å²) in [5.74, 6) is 1.78. The molecule has 0 atom stereocenters. The number of carbonyl (C=O) groups excluding carboxylic acids is 1. The molecule has 1 aromatic heterocycles. The molecule has 6 heteroatoms. The summed E-state index contributed by atoms with van der Waals surface area (Å²) < 4.78 is 16.6. The number of likely N-dealkylation sites (N-methyl/N-ethyl adjacent to an activating group) is 1. The molecule has 3 rings (SSSR count). The highest BCUT2D eigenvalue weighted by atomic mass is 16.6. The van der Waals surface area contributed by atoms with Crippen LogP contribution in [0.3, 0.4) is 0 Å². The van der Waals surface area contributed by atoms with Crippen LogP contribution in [0.2, 0.25) is 0 Å². The van der Waals surface area contributed by atoms with Gasteiger partial charge in [-0.2, -0.15) is 0 Å². The molecule has 0 radical (unpaired) electrons. The van der Waals surface area contributed by atoms with Gasteiger partial charge in [0, 0.05) is 31.6 Å². The van der Waals surface area contributed by atoms with Crippen molar-refractivity contribution in [1.82, 2.24) is 9.88 Å². The van der Waals surface area contributed by atoms with Crippen LogP contribution in [-0.2, 0) is 11.3 Å². The zero-order valence-electron chi connectivity index (χ0n) is 15.0. The van der Waals surface area contributed by atoms with Crippen molar-refractivity contribution in [3.05, 3.63) is 53.9 Å². The standard InChI is InChI=1S/C20H22N2O4/c1-3-22(14-15-6-8-21-9-7-15)19(23)5-4-16-12-17(24-2)20-18(13-16)25-10-11-26-20/h4-9,12-13H,3,10-11,14H2,1-2H3/b5-4+. The predicted molar refractivity (Wildman–Crippen MR) is 98.3 cm³/mol. The van der Waals surface area contributed by atoms with Crippen LogP contribution < -0.4 is 14.2 Å². The Balaban J connectivity index is 1.74. The summed E-state index contributed by atoms with van der Waals surface area (Å²) in [6.45, 7) is 4.12. The van der Waals surface area contributed by atoms with Crippen LogP contribution >= 0.6 is 0 Å². The zero-order valence-corrected chi connectivity index (χ0v) is 15.0. The fourth-order valence-corrected chi connectivity index (χ4v) is 2.72. The Kier molecular flexibility index (Phi) is 5.73. The fraction of sp³-hybridized carbons (Fsp3) is 0.300. The summed E-state index contributed by atoms with van der Waals surface area (Å²) >= 11 is 0. The molecule has 0 fully saturated rings. The van der Waals surface area contributed by atoms with Gasteiger partial charge in [0.1, 0.15) is 13.2 Å². The third-order valence-corrected chi connectivity index (χ3v) is 4.08. The van der Waals surface area contributed by atoms with Crippen molar-refractivity contribution >= 4 is 12.0 Å². The SMILES string of the molecule is CCN(Cc1ccncc1)C(=O)/C=C/c1cc(OC)c2c(c1)OCCO2. The van der Waals surface area contributed by atoms with Crippen LogP contribution in [0.25, 0.3) is 6.08 Å². The third kappa shape index (κ3) is 4.14. The zero-order chi connectivity index (χ0) is 18.4. The van der Waals surface area contributed by atoms with E-state index >= 15 is 0 Å². The Morgan fingerprint density at radius 2 is 2.04 bits per heavy atom. The van der Waals surface area contributed by atoms with Gasteiger partial charge in [0.2, 0.25) is 11.7 Å². The van der Waals surface area contributed by atoms with Gasteiger partial charge in [-0.15, -0.1) is 0 Å². The number of ether oxygens (including phenoxy) is 3. The Morgan fingerprint density at radius 1 is 1.27 bits per heavy atom. The number of rotatable bonds is 6. The first kappa shape index (κ1) is 17.8. The van der Waals surface area contributed by atoms with Crippen molar-refractivity contribution in [2.45, 2.75) is 13.5 Å². The van der Waals surface area contributed by atoms with E-state index in [0.717, 1.165) is 11.1 Å². The first-order chi connectivity index (χ1) is 12.7. The number of aromatic nitrogens is 1. The smallest absolute Gasteiger partial charge is 0.246 e. The molecule has 0 aliphatic carbocycles. The maximum Gasteiger partial charge on any atom is 0.246 e. The highest BCUT2D eigenvalue weighted by molar-refractivity contribution is 5.92. The molecule has 26 heavy (non-hydrogen) atoms. The first-order valence-electron chi connectivity index (χ1n) is 8.54. The minimum atomic E-state index is -0.0573. The fourth-order valence-electron chi connectivity index (χ4n) is 2.72. The Labute approximate surface area is 153 Å². The van der Waals surface area contributed by atoms with Crippen molar-refractivity contribution < 1.29 is 19.0 Å². The monoisotopic (exact) mass is 354 g/mol. The van der Waals surface area contributed by atoms with Crippen LogP contribution in [0.1, 0.15) is 18.1 Å². The molecule has 0 bridgehead atoms. The van der Waals surface area contributed by atoms with Gasteiger partial charge in [0.05, 0.1) is 7.11 Å². The number of fused-ring (bicyclic) bond motifs is 1. The Hall–Kier alpha value is -3.02. The maximum atomic E-state index is 12.5. The van der Waals surface area contributed by atoms with E-state index in [1.54, 1.807) is 36.6 Å². The molecular formula is C20H22N2O4. The van der Waals surface area contributed by atoms with Crippen molar-refractivity contribution in [2.24, 2.45) is 0 Å². The average Bonchev–Trinajstić information content (AvgIpc) is 2.70. The maximum absolute atomic E-state index is 12.5. The van der Waals surface area contributed by atoms with Crippen LogP contribution in [0.15, 0.2) is 42.7 Å². The molecule has 0 N–H and O–H groups in total. The molecule has 6 nitrogen and oxygen atoms in total. The first-order valence-corrected chi connectivity index (χ1v) is 8.54. The second kappa shape index (κ2) is 8.38. The van der Waals surface area contributed by atoms with E-state index < -0.39 is 0 Å². The van der Waals surface area contributed by atoms with Gasteiger partial charge in [0.25, 0.3) is 0 Å². The molecule has 0 saturated carbocycles. The number of hydrogen-bond acceptors (Lipinski definition) is 5. The van der Waals surface area contributed by atoms with Crippen LogP contribution in [0, 0.1) is 0 Å². The van der Waals surface area contributed by atoms with E-state index in [1.165, 1.54) is 0 Å². The van der Waals surface area contributed by atoms with Crippen molar-refractivity contribution in [1.29, 1.82) is 0 Å². The molecule has 0 unspecified atom stereocenters. The summed E-state index contributed by atoms with van der Waals surface area (Å²) in [4.78, 5) is 18.3. The molecule has 1 aromatic carbocycles. The van der Waals surface area contributed by atoms with Gasteiger partial charge in [-0.3, -0.25) is 9.78 Å². The van der Waals surface area contributed by atoms with Gasteiger partial charge in [-0.1, -0.05) is 0 Å². The minimum Gasteiger partial charge on any atom is -0.493 e. The predicted octanol–water partition coefficient (Wildman–Crippen LogP) is 2.92. The van der Waals surface area contributed by atoms with Crippen LogP contribution in [0.4, 0.5) is 0 Å². The average molecular weight is 354 g/mol. The Bertz CT molecular complexity index is 773. The van der Waals surface area contributed by atoms with Gasteiger partial charge in [0.15, 0.2) is 11.5 Å². The lowest BCUT2D eigenvalue weighted by atomic mass is 10.1. The number of pyridine rings is 1. The second-order valence-corrected chi connectivity index (χ2v) is 5.79. The van der Waals surface area contributed by atoms with Gasteiger partial charge >= 0.3 is 0 Å². The van der Waals surface area contributed by atoms with E-state index in [2.05, 4.69) is 4.98 Å². The molecular weight excluding hydrogens is 332 g/mol. The van der Waals surface area contributed by atoms with E-state index in [1.807, 2.05) is 31.2 Å². The Morgan fingerprint density at radius 3 is 2.77 bits per heavy atom. The summed E-state index contributed by atoms with van der Waals surface area (Å²) in [5.41, 5.74) is 1.86. The topological polar surface area (TPSA) is 60.9 Å². The number of amides is 1. The molecule has 0 spiro atoms. The van der Waals surface area contributed by atoms with Crippen molar-refractivity contribution in [3.8, 4) is 17.2 Å². The molecule has 136 valence electrons. The van der Waals surface area contributed by atoms with Gasteiger partial charge in [-0.25, -0.2) is 0 Å². The van der Waals surface area contributed by atoms with E-state index in [4.69, 9.17) is 14.2 Å². The van der Waals surface area contributed by atoms with Gasteiger partial charge in [-0.05, 0) is 48.4 Å². The number of hydrogen-bond donors (Lipinski definition) is 0. The quantitative estimate of drug-likeness (QED) is 0.747. The number of methoxy groups -OCH3 is 1. The molecule has 0 saturated heterocycles. The second-order valence-electron chi connectivity index (χ2n) is 5.79. The summed E-state index contributed by atoms with van der Waals surface area (Å²) in [6, 6.07) is 7.49. The van der Waals surface area contributed by atoms with E-state index in [-0.39, 0.29) is 5.91 Å². The highest BCUT2D eigenvalue weighted by Gasteiger charge is 2.18. The third-order valence-electron chi connectivity index (χ3n) is 4.08. The number of carbonyl (C=O) groups is 1. The van der Waals surface area contributed by atoms with Crippen LogP contribution in [-0.4, -0.2) is 42.7 Å². The molecule has 1 aliphatic rings. The molecule has 2 heterocycles. The van der Waals surface area contributed by atoms with E-state index in [9.17, 15) is 4.79 Å². The number of nitrogens with zero attached hydrogens (tertiary/aromatic N) is 2. The van der Waals surface area contributed by atoms with Gasteiger partial charge < -0.3 is 19.1 Å². The number of benzene rings is 1. The van der Waals surface area contributed by atoms with Crippen molar-refractivity contribution in [2.75, 3.05) is 26.9 Å². The molecule has 2 aromatic rings.